The van der Waals surface area contributed by atoms with Crippen molar-refractivity contribution in [2.75, 3.05) is 5.75 Å². The Morgan fingerprint density at radius 2 is 1.71 bits per heavy atom. The molecule has 9 heteroatoms. The highest BCUT2D eigenvalue weighted by Crippen LogP contribution is 2.28. The molecule has 4 rings (SSSR count). The van der Waals surface area contributed by atoms with Crippen LogP contribution < -0.4 is 5.43 Å². The molecule has 3 aromatic carbocycles. The summed E-state index contributed by atoms with van der Waals surface area (Å²) in [5, 5.41) is 23.5. The number of amides is 1. The SMILES string of the molecule is CC(=NNC(=O)CSc1nnc(-c2ccc(C)cc2)n1-c1ccc(Cl)cc1)c1ccc(O)cc1. The van der Waals surface area contributed by atoms with Gasteiger partial charge in [0.05, 0.1) is 11.5 Å². The molecule has 0 saturated carbocycles. The highest BCUT2D eigenvalue weighted by molar-refractivity contribution is 7.99. The molecule has 0 unspecified atom stereocenters. The van der Waals surface area contributed by atoms with Crippen LogP contribution in [-0.2, 0) is 4.79 Å². The van der Waals surface area contributed by atoms with Gasteiger partial charge in [-0.15, -0.1) is 10.2 Å². The molecule has 0 radical (unpaired) electrons. The zero-order valence-electron chi connectivity index (χ0n) is 18.6. The van der Waals surface area contributed by atoms with Crippen molar-refractivity contribution in [1.82, 2.24) is 20.2 Å². The van der Waals surface area contributed by atoms with E-state index >= 15 is 0 Å². The molecule has 0 bridgehead atoms. The number of phenolic OH excluding ortho intramolecular Hbond substituents is 1. The molecule has 1 amide bonds. The van der Waals surface area contributed by atoms with Gasteiger partial charge in [-0.2, -0.15) is 5.10 Å². The minimum atomic E-state index is -0.273. The summed E-state index contributed by atoms with van der Waals surface area (Å²) in [6, 6.07) is 22.0. The van der Waals surface area contributed by atoms with Gasteiger partial charge >= 0.3 is 0 Å². The second-order valence-corrected chi connectivity index (χ2v) is 8.93. The number of aromatic nitrogens is 3. The van der Waals surface area contributed by atoms with Crippen LogP contribution in [0.3, 0.4) is 0 Å². The lowest BCUT2D eigenvalue weighted by atomic mass is 10.1. The van der Waals surface area contributed by atoms with Crippen molar-refractivity contribution in [3.63, 3.8) is 0 Å². The van der Waals surface area contributed by atoms with Crippen LogP contribution in [0.4, 0.5) is 0 Å². The summed E-state index contributed by atoms with van der Waals surface area (Å²) in [4.78, 5) is 12.5. The molecule has 0 spiro atoms. The third-order valence-corrected chi connectivity index (χ3v) is 6.17. The van der Waals surface area contributed by atoms with E-state index in [9.17, 15) is 9.90 Å². The zero-order chi connectivity index (χ0) is 24.1. The van der Waals surface area contributed by atoms with Crippen LogP contribution in [0.15, 0.2) is 83.1 Å². The molecule has 0 saturated heterocycles. The second kappa shape index (κ2) is 10.5. The van der Waals surface area contributed by atoms with Gasteiger partial charge in [0.15, 0.2) is 11.0 Å². The van der Waals surface area contributed by atoms with E-state index in [0.29, 0.717) is 21.7 Å². The van der Waals surface area contributed by atoms with E-state index in [4.69, 9.17) is 11.6 Å². The minimum Gasteiger partial charge on any atom is -0.508 e. The van der Waals surface area contributed by atoms with Gasteiger partial charge in [-0.1, -0.05) is 53.2 Å². The smallest absolute Gasteiger partial charge is 0.250 e. The van der Waals surface area contributed by atoms with E-state index < -0.39 is 0 Å². The standard InChI is InChI=1S/C25H22ClN5O2S/c1-16-3-5-19(6-4-16)24-29-30-25(31(24)21-11-9-20(26)10-12-21)34-15-23(33)28-27-17(2)18-7-13-22(32)14-8-18/h3-14,32H,15H2,1-2H3,(H,28,33). The Morgan fingerprint density at radius 3 is 2.38 bits per heavy atom. The highest BCUT2D eigenvalue weighted by Gasteiger charge is 2.17. The Balaban J connectivity index is 1.52. The lowest BCUT2D eigenvalue weighted by Gasteiger charge is -2.10. The number of phenols is 1. The molecule has 1 aromatic heterocycles. The van der Waals surface area contributed by atoms with Crippen LogP contribution in [0.25, 0.3) is 17.1 Å². The fourth-order valence-corrected chi connectivity index (χ4v) is 4.02. The van der Waals surface area contributed by atoms with Gasteiger partial charge < -0.3 is 5.11 Å². The molecule has 4 aromatic rings. The van der Waals surface area contributed by atoms with Crippen LogP contribution in [0.5, 0.6) is 5.75 Å². The number of thioether (sulfide) groups is 1. The summed E-state index contributed by atoms with van der Waals surface area (Å²) in [6.07, 6.45) is 0. The van der Waals surface area contributed by atoms with Crippen molar-refractivity contribution < 1.29 is 9.90 Å². The molecule has 34 heavy (non-hydrogen) atoms. The van der Waals surface area contributed by atoms with Gasteiger partial charge in [-0.05, 0) is 67.9 Å². The van der Waals surface area contributed by atoms with Gasteiger partial charge in [-0.25, -0.2) is 5.43 Å². The highest BCUT2D eigenvalue weighted by atomic mass is 35.5. The normalized spacial score (nSPS) is 11.4. The van der Waals surface area contributed by atoms with E-state index in [2.05, 4.69) is 20.7 Å². The maximum absolute atomic E-state index is 12.5. The summed E-state index contributed by atoms with van der Waals surface area (Å²) in [6.45, 7) is 3.81. The predicted molar refractivity (Wildman–Crippen MR) is 136 cm³/mol. The molecule has 0 aliphatic rings. The first-order valence-corrected chi connectivity index (χ1v) is 11.8. The van der Waals surface area contributed by atoms with E-state index in [0.717, 1.165) is 22.4 Å². The maximum Gasteiger partial charge on any atom is 0.250 e. The van der Waals surface area contributed by atoms with Crippen molar-refractivity contribution in [1.29, 1.82) is 0 Å². The van der Waals surface area contributed by atoms with Crippen molar-refractivity contribution in [3.8, 4) is 22.8 Å². The average Bonchev–Trinajstić information content (AvgIpc) is 3.26. The van der Waals surface area contributed by atoms with E-state index in [1.165, 1.54) is 11.8 Å². The topological polar surface area (TPSA) is 92.4 Å². The van der Waals surface area contributed by atoms with Crippen molar-refractivity contribution in [2.24, 2.45) is 5.10 Å². The molecule has 7 nitrogen and oxygen atoms in total. The molecule has 1 heterocycles. The van der Waals surface area contributed by atoms with Gasteiger partial charge in [0.2, 0.25) is 0 Å². The summed E-state index contributed by atoms with van der Waals surface area (Å²) < 4.78 is 1.91. The van der Waals surface area contributed by atoms with Gasteiger partial charge in [-0.3, -0.25) is 9.36 Å². The first kappa shape index (κ1) is 23.5. The van der Waals surface area contributed by atoms with E-state index in [1.807, 2.05) is 47.9 Å². The molecule has 2 N–H and O–H groups in total. The zero-order valence-corrected chi connectivity index (χ0v) is 20.1. The fourth-order valence-electron chi connectivity index (χ4n) is 3.15. The number of aryl methyl sites for hydroxylation is 1. The number of hydrogen-bond donors (Lipinski definition) is 2. The Hall–Kier alpha value is -3.62. The maximum atomic E-state index is 12.5. The van der Waals surface area contributed by atoms with Gasteiger partial charge in [0.1, 0.15) is 5.75 Å². The third kappa shape index (κ3) is 5.65. The first-order valence-electron chi connectivity index (χ1n) is 10.4. The number of benzene rings is 3. The quantitative estimate of drug-likeness (QED) is 0.210. The van der Waals surface area contributed by atoms with Crippen molar-refractivity contribution in [3.05, 3.63) is 88.9 Å². The third-order valence-electron chi connectivity index (χ3n) is 4.99. The largest absolute Gasteiger partial charge is 0.508 e. The summed E-state index contributed by atoms with van der Waals surface area (Å²) in [5.74, 6) is 0.676. The Labute approximate surface area is 206 Å². The van der Waals surface area contributed by atoms with Crippen LogP contribution in [0.2, 0.25) is 5.02 Å². The molecule has 0 aliphatic heterocycles. The number of hydrogen-bond acceptors (Lipinski definition) is 6. The van der Waals surface area contributed by atoms with Gasteiger partial charge in [0, 0.05) is 16.3 Å². The van der Waals surface area contributed by atoms with Crippen LogP contribution in [-0.4, -0.2) is 37.2 Å². The lowest BCUT2D eigenvalue weighted by Crippen LogP contribution is -2.21. The Morgan fingerprint density at radius 1 is 1.03 bits per heavy atom. The van der Waals surface area contributed by atoms with Crippen LogP contribution >= 0.6 is 23.4 Å². The Bertz CT molecular complexity index is 1320. The molecular formula is C25H22ClN5O2S. The van der Waals surface area contributed by atoms with Crippen molar-refractivity contribution in [2.45, 2.75) is 19.0 Å². The Kier molecular flexibility index (Phi) is 7.30. The predicted octanol–water partition coefficient (Wildman–Crippen LogP) is 5.23. The number of nitrogens with zero attached hydrogens (tertiary/aromatic N) is 4. The van der Waals surface area contributed by atoms with Crippen LogP contribution in [0.1, 0.15) is 18.1 Å². The summed E-state index contributed by atoms with van der Waals surface area (Å²) >= 11 is 7.34. The minimum absolute atomic E-state index is 0.103. The second-order valence-electron chi connectivity index (χ2n) is 7.55. The number of aromatic hydroxyl groups is 1. The molecule has 0 fully saturated rings. The number of carbonyl (C=O) groups excluding carboxylic acids is 1. The van der Waals surface area contributed by atoms with Crippen molar-refractivity contribution >= 4 is 35.0 Å². The van der Waals surface area contributed by atoms with Crippen LogP contribution in [0, 0.1) is 6.92 Å². The van der Waals surface area contributed by atoms with Gasteiger partial charge in [0.25, 0.3) is 5.91 Å². The first-order chi connectivity index (χ1) is 16.4. The molecular weight excluding hydrogens is 470 g/mol. The summed E-state index contributed by atoms with van der Waals surface area (Å²) in [7, 11) is 0. The fraction of sp³-hybridized carbons (Fsp3) is 0.120. The number of halogens is 1. The number of carbonyl (C=O) groups is 1. The molecule has 0 aliphatic carbocycles. The molecule has 0 atom stereocenters. The number of rotatable bonds is 7. The van der Waals surface area contributed by atoms with E-state index in [1.54, 1.807) is 43.3 Å². The van der Waals surface area contributed by atoms with E-state index in [-0.39, 0.29) is 17.4 Å². The average molecular weight is 492 g/mol. The number of nitrogens with one attached hydrogen (secondary N) is 1. The lowest BCUT2D eigenvalue weighted by molar-refractivity contribution is -0.118. The number of hydrazone groups is 1. The molecule has 172 valence electrons. The summed E-state index contributed by atoms with van der Waals surface area (Å²) in [5.41, 5.74) is 6.90. The monoisotopic (exact) mass is 491 g/mol.